The van der Waals surface area contributed by atoms with E-state index in [9.17, 15) is 0 Å². The maximum atomic E-state index is 4.74. The summed E-state index contributed by atoms with van der Waals surface area (Å²) in [7, 11) is 0. The highest BCUT2D eigenvalue weighted by Crippen LogP contribution is 2.29. The predicted octanol–water partition coefficient (Wildman–Crippen LogP) is 1.89. The molecule has 0 radical (unpaired) electrons. The lowest BCUT2D eigenvalue weighted by Crippen LogP contribution is -2.55. The summed E-state index contributed by atoms with van der Waals surface area (Å²) < 4.78 is 0. The number of piperazine rings is 1. The minimum Gasteiger partial charge on any atom is -0.354 e. The first kappa shape index (κ1) is 13.6. The van der Waals surface area contributed by atoms with Crippen LogP contribution < -0.4 is 10.2 Å². The van der Waals surface area contributed by atoms with Crippen LogP contribution >= 0.6 is 0 Å². The molecule has 0 bridgehead atoms. The van der Waals surface area contributed by atoms with Crippen LogP contribution in [0.1, 0.15) is 32.3 Å². The molecule has 1 aromatic heterocycles. The summed E-state index contributed by atoms with van der Waals surface area (Å²) in [4.78, 5) is 14.2. The maximum absolute atomic E-state index is 4.74. The van der Waals surface area contributed by atoms with Crippen molar-refractivity contribution in [2.45, 2.75) is 45.7 Å². The molecule has 2 unspecified atom stereocenters. The van der Waals surface area contributed by atoms with Gasteiger partial charge in [0.2, 0.25) is 5.95 Å². The molecule has 0 spiro atoms. The fraction of sp³-hybridized carbons (Fsp3) is 0.733. The van der Waals surface area contributed by atoms with E-state index in [0.717, 1.165) is 31.4 Å². The molecule has 0 aliphatic carbocycles. The summed E-state index contributed by atoms with van der Waals surface area (Å²) in [6.45, 7) is 10.9. The molecule has 20 heavy (non-hydrogen) atoms. The zero-order chi connectivity index (χ0) is 14.1. The smallest absolute Gasteiger partial charge is 0.224 e. The molecule has 1 aromatic rings. The first-order valence-electron chi connectivity index (χ1n) is 7.77. The van der Waals surface area contributed by atoms with E-state index in [-0.39, 0.29) is 0 Å². The van der Waals surface area contributed by atoms with Gasteiger partial charge in [0.05, 0.1) is 0 Å². The predicted molar refractivity (Wildman–Crippen MR) is 82.3 cm³/mol. The normalized spacial score (nSPS) is 26.6. The quantitative estimate of drug-likeness (QED) is 0.912. The van der Waals surface area contributed by atoms with Crippen LogP contribution in [0.15, 0.2) is 6.20 Å². The number of anilines is 2. The van der Waals surface area contributed by atoms with Crippen LogP contribution in [0.3, 0.4) is 0 Å². The Balaban J connectivity index is 1.85. The number of aryl methyl sites for hydroxylation is 1. The van der Waals surface area contributed by atoms with Crippen molar-refractivity contribution in [1.29, 1.82) is 0 Å². The number of rotatable bonds is 3. The third-order valence-corrected chi connectivity index (χ3v) is 4.49. The van der Waals surface area contributed by atoms with Gasteiger partial charge in [0.15, 0.2) is 0 Å². The zero-order valence-corrected chi connectivity index (χ0v) is 12.8. The minimum atomic E-state index is 0.521. The second-order valence-corrected chi connectivity index (χ2v) is 6.02. The van der Waals surface area contributed by atoms with Crippen LogP contribution in [0.25, 0.3) is 0 Å². The van der Waals surface area contributed by atoms with Gasteiger partial charge in [0.1, 0.15) is 5.82 Å². The Morgan fingerprint density at radius 3 is 3.05 bits per heavy atom. The molecule has 5 nitrogen and oxygen atoms in total. The molecular formula is C15H25N5. The Morgan fingerprint density at radius 1 is 1.40 bits per heavy atom. The second-order valence-electron chi connectivity index (χ2n) is 6.02. The van der Waals surface area contributed by atoms with Crippen molar-refractivity contribution in [3.05, 3.63) is 11.8 Å². The van der Waals surface area contributed by atoms with E-state index < -0.39 is 0 Å². The Bertz CT molecular complexity index is 475. The lowest BCUT2D eigenvalue weighted by Gasteiger charge is -2.43. The van der Waals surface area contributed by atoms with Crippen molar-refractivity contribution in [1.82, 2.24) is 14.9 Å². The van der Waals surface area contributed by atoms with E-state index in [0.29, 0.717) is 12.1 Å². The molecule has 2 atom stereocenters. The topological polar surface area (TPSA) is 44.3 Å². The first-order valence-corrected chi connectivity index (χ1v) is 7.77. The van der Waals surface area contributed by atoms with Gasteiger partial charge >= 0.3 is 0 Å². The standard InChI is InChI=1S/C15H25N5/c1-4-16-15-17-8-11(2)14(18-15)20-10-13-6-5-7-19(13)9-12(20)3/h8,12-13H,4-7,9-10H2,1-3H3,(H,16,17,18). The average molecular weight is 275 g/mol. The van der Waals surface area contributed by atoms with Crippen molar-refractivity contribution < 1.29 is 0 Å². The van der Waals surface area contributed by atoms with Crippen LogP contribution in [0.2, 0.25) is 0 Å². The SMILES string of the molecule is CCNc1ncc(C)c(N2CC3CCCN3CC2C)n1. The zero-order valence-electron chi connectivity index (χ0n) is 12.8. The number of aromatic nitrogens is 2. The molecule has 2 fully saturated rings. The molecule has 3 rings (SSSR count). The van der Waals surface area contributed by atoms with Gasteiger partial charge in [0.25, 0.3) is 0 Å². The Kier molecular flexibility index (Phi) is 3.78. The van der Waals surface area contributed by atoms with Gasteiger partial charge in [-0.15, -0.1) is 0 Å². The summed E-state index contributed by atoms with van der Waals surface area (Å²) in [5.74, 6) is 1.85. The maximum Gasteiger partial charge on any atom is 0.224 e. The van der Waals surface area contributed by atoms with E-state index in [4.69, 9.17) is 4.98 Å². The van der Waals surface area contributed by atoms with Crippen LogP contribution in [0.4, 0.5) is 11.8 Å². The van der Waals surface area contributed by atoms with Gasteiger partial charge in [-0.3, -0.25) is 4.90 Å². The third-order valence-electron chi connectivity index (χ3n) is 4.49. The van der Waals surface area contributed by atoms with Gasteiger partial charge in [0, 0.05) is 43.5 Å². The van der Waals surface area contributed by atoms with Gasteiger partial charge in [-0.1, -0.05) is 0 Å². The molecule has 0 amide bonds. The van der Waals surface area contributed by atoms with E-state index in [1.54, 1.807) is 0 Å². The lowest BCUT2D eigenvalue weighted by atomic mass is 10.1. The van der Waals surface area contributed by atoms with Crippen molar-refractivity contribution >= 4 is 11.8 Å². The molecular weight excluding hydrogens is 250 g/mol. The van der Waals surface area contributed by atoms with Gasteiger partial charge in [-0.25, -0.2) is 4.98 Å². The highest BCUT2D eigenvalue weighted by molar-refractivity contribution is 5.50. The minimum absolute atomic E-state index is 0.521. The first-order chi connectivity index (χ1) is 9.69. The van der Waals surface area contributed by atoms with Crippen LogP contribution in [-0.2, 0) is 0 Å². The highest BCUT2D eigenvalue weighted by atomic mass is 15.3. The van der Waals surface area contributed by atoms with E-state index >= 15 is 0 Å². The molecule has 0 aromatic carbocycles. The highest BCUT2D eigenvalue weighted by Gasteiger charge is 2.35. The van der Waals surface area contributed by atoms with Crippen molar-refractivity contribution in [2.75, 3.05) is 36.4 Å². The Hall–Kier alpha value is -1.36. The number of hydrogen-bond acceptors (Lipinski definition) is 5. The van der Waals surface area contributed by atoms with Crippen molar-refractivity contribution in [3.8, 4) is 0 Å². The Labute approximate surface area is 121 Å². The molecule has 110 valence electrons. The molecule has 5 heteroatoms. The van der Waals surface area contributed by atoms with Crippen molar-refractivity contribution in [2.24, 2.45) is 0 Å². The molecule has 1 N–H and O–H groups in total. The fourth-order valence-electron chi connectivity index (χ4n) is 3.45. The van der Waals surface area contributed by atoms with Gasteiger partial charge in [-0.2, -0.15) is 4.98 Å². The largest absolute Gasteiger partial charge is 0.354 e. The summed E-state index contributed by atoms with van der Waals surface area (Å²) in [6, 6.07) is 1.23. The van der Waals surface area contributed by atoms with Gasteiger partial charge in [-0.05, 0) is 40.2 Å². The second kappa shape index (κ2) is 5.56. The van der Waals surface area contributed by atoms with E-state index in [1.807, 2.05) is 6.20 Å². The number of nitrogens with zero attached hydrogens (tertiary/aromatic N) is 4. The molecule has 0 saturated carbocycles. The van der Waals surface area contributed by atoms with Crippen LogP contribution in [0, 0.1) is 6.92 Å². The van der Waals surface area contributed by atoms with E-state index in [2.05, 4.69) is 40.9 Å². The van der Waals surface area contributed by atoms with Crippen LogP contribution in [0.5, 0.6) is 0 Å². The molecule has 3 heterocycles. The Morgan fingerprint density at radius 2 is 2.25 bits per heavy atom. The number of hydrogen-bond donors (Lipinski definition) is 1. The van der Waals surface area contributed by atoms with Gasteiger partial charge < -0.3 is 10.2 Å². The summed E-state index contributed by atoms with van der Waals surface area (Å²) in [5, 5.41) is 3.22. The van der Waals surface area contributed by atoms with Crippen LogP contribution in [-0.4, -0.2) is 53.1 Å². The molecule has 2 aliphatic heterocycles. The third kappa shape index (κ3) is 2.46. The fourth-order valence-corrected chi connectivity index (χ4v) is 3.45. The summed E-state index contributed by atoms with van der Waals surface area (Å²) in [5.41, 5.74) is 1.17. The number of fused-ring (bicyclic) bond motifs is 1. The number of nitrogens with one attached hydrogen (secondary N) is 1. The summed E-state index contributed by atoms with van der Waals surface area (Å²) in [6.07, 6.45) is 4.61. The molecule has 2 saturated heterocycles. The average Bonchev–Trinajstić information content (AvgIpc) is 2.87. The van der Waals surface area contributed by atoms with Crippen molar-refractivity contribution in [3.63, 3.8) is 0 Å². The van der Waals surface area contributed by atoms with E-state index in [1.165, 1.54) is 24.9 Å². The molecule has 2 aliphatic rings. The lowest BCUT2D eigenvalue weighted by molar-refractivity contribution is 0.202. The summed E-state index contributed by atoms with van der Waals surface area (Å²) >= 11 is 0. The monoisotopic (exact) mass is 275 g/mol.